The molecule has 0 saturated carbocycles. The molecule has 2 heteroatoms. The van der Waals surface area contributed by atoms with Gasteiger partial charge in [0.25, 0.3) is 0 Å². The fourth-order valence-electron chi connectivity index (χ4n) is 2.25. The number of anilines is 1. The van der Waals surface area contributed by atoms with Gasteiger partial charge in [0.1, 0.15) is 0 Å². The van der Waals surface area contributed by atoms with E-state index in [1.54, 1.807) is 0 Å². The Kier molecular flexibility index (Phi) is 3.49. The van der Waals surface area contributed by atoms with Gasteiger partial charge < -0.3 is 10.2 Å². The van der Waals surface area contributed by atoms with Gasteiger partial charge in [0, 0.05) is 31.4 Å². The molecule has 0 radical (unpaired) electrons. The first-order valence-electron chi connectivity index (χ1n) is 6.25. The van der Waals surface area contributed by atoms with E-state index in [9.17, 15) is 0 Å². The molecule has 16 heavy (non-hydrogen) atoms. The number of hydrogen-bond donors (Lipinski definition) is 1. The van der Waals surface area contributed by atoms with E-state index < -0.39 is 0 Å². The summed E-state index contributed by atoms with van der Waals surface area (Å²) < 4.78 is 0. The van der Waals surface area contributed by atoms with Gasteiger partial charge in [0.05, 0.1) is 0 Å². The number of nitrogens with zero attached hydrogens (tertiary/aromatic N) is 1. The molecule has 1 aliphatic heterocycles. The molecule has 1 atom stereocenters. The molecular weight excluding hydrogens is 196 g/mol. The van der Waals surface area contributed by atoms with E-state index in [0.29, 0.717) is 12.0 Å². The zero-order chi connectivity index (χ0) is 11.5. The maximum absolute atomic E-state index is 3.48. The maximum Gasteiger partial charge on any atom is 0.0370 e. The predicted molar refractivity (Wildman–Crippen MR) is 70.2 cm³/mol. The van der Waals surface area contributed by atoms with E-state index >= 15 is 0 Å². The Labute approximate surface area is 98.7 Å². The summed E-state index contributed by atoms with van der Waals surface area (Å²) in [5.41, 5.74) is 2.81. The van der Waals surface area contributed by atoms with Gasteiger partial charge in [-0.3, -0.25) is 0 Å². The van der Waals surface area contributed by atoms with Crippen LogP contribution in [-0.2, 0) is 0 Å². The first-order valence-corrected chi connectivity index (χ1v) is 6.25. The lowest BCUT2D eigenvalue weighted by molar-refractivity contribution is 0.485. The minimum atomic E-state index is 0.594. The Morgan fingerprint density at radius 1 is 1.38 bits per heavy atom. The highest BCUT2D eigenvalue weighted by Crippen LogP contribution is 2.22. The normalized spacial score (nSPS) is 21.5. The largest absolute Gasteiger partial charge is 0.369 e. The van der Waals surface area contributed by atoms with Crippen molar-refractivity contribution in [3.05, 3.63) is 29.8 Å². The standard InChI is InChI=1S/C14H22N2/c1-11(2)13-5-4-6-14(9-13)16-8-7-15-12(3)10-16/h4-6,9,11-12,15H,7-8,10H2,1-3H3. The Balaban J connectivity index is 2.16. The van der Waals surface area contributed by atoms with Crippen molar-refractivity contribution < 1.29 is 0 Å². The summed E-state index contributed by atoms with van der Waals surface area (Å²) in [5, 5.41) is 3.48. The zero-order valence-corrected chi connectivity index (χ0v) is 10.5. The second-order valence-electron chi connectivity index (χ2n) is 5.05. The van der Waals surface area contributed by atoms with Crippen molar-refractivity contribution in [2.75, 3.05) is 24.5 Å². The van der Waals surface area contributed by atoms with Crippen molar-refractivity contribution in [2.45, 2.75) is 32.7 Å². The minimum Gasteiger partial charge on any atom is -0.369 e. The Morgan fingerprint density at radius 3 is 2.88 bits per heavy atom. The number of nitrogens with one attached hydrogen (secondary N) is 1. The Morgan fingerprint density at radius 2 is 2.19 bits per heavy atom. The van der Waals surface area contributed by atoms with Gasteiger partial charge in [-0.2, -0.15) is 0 Å². The molecule has 0 aromatic heterocycles. The Bertz CT molecular complexity index is 346. The number of hydrogen-bond acceptors (Lipinski definition) is 2. The lowest BCUT2D eigenvalue weighted by Gasteiger charge is -2.34. The van der Waals surface area contributed by atoms with Gasteiger partial charge >= 0.3 is 0 Å². The average Bonchev–Trinajstić information content (AvgIpc) is 2.29. The van der Waals surface area contributed by atoms with Crippen molar-refractivity contribution >= 4 is 5.69 Å². The molecule has 0 amide bonds. The summed E-state index contributed by atoms with van der Waals surface area (Å²) in [7, 11) is 0. The summed E-state index contributed by atoms with van der Waals surface area (Å²) in [6, 6.07) is 9.56. The highest BCUT2D eigenvalue weighted by molar-refractivity contribution is 5.49. The third-order valence-electron chi connectivity index (χ3n) is 3.27. The molecule has 1 aliphatic rings. The van der Waals surface area contributed by atoms with Crippen LogP contribution in [0.1, 0.15) is 32.3 Å². The smallest absolute Gasteiger partial charge is 0.0370 e. The van der Waals surface area contributed by atoms with E-state index in [2.05, 4.69) is 55.3 Å². The van der Waals surface area contributed by atoms with Gasteiger partial charge in [0.2, 0.25) is 0 Å². The summed E-state index contributed by atoms with van der Waals surface area (Å²) in [6.07, 6.45) is 0. The van der Waals surface area contributed by atoms with Crippen molar-refractivity contribution in [3.63, 3.8) is 0 Å². The molecule has 1 fully saturated rings. The summed E-state index contributed by atoms with van der Waals surface area (Å²) in [6.45, 7) is 10.1. The van der Waals surface area contributed by atoms with Crippen LogP contribution in [0, 0.1) is 0 Å². The fourth-order valence-corrected chi connectivity index (χ4v) is 2.25. The quantitative estimate of drug-likeness (QED) is 0.821. The highest BCUT2D eigenvalue weighted by Gasteiger charge is 2.16. The van der Waals surface area contributed by atoms with E-state index in [1.165, 1.54) is 11.3 Å². The topological polar surface area (TPSA) is 15.3 Å². The monoisotopic (exact) mass is 218 g/mol. The molecule has 2 rings (SSSR count). The molecule has 88 valence electrons. The second kappa shape index (κ2) is 4.88. The van der Waals surface area contributed by atoms with E-state index in [4.69, 9.17) is 0 Å². The third kappa shape index (κ3) is 2.56. The second-order valence-corrected chi connectivity index (χ2v) is 5.05. The molecule has 0 aliphatic carbocycles. The molecular formula is C14H22N2. The summed E-state index contributed by atoms with van der Waals surface area (Å²) >= 11 is 0. The van der Waals surface area contributed by atoms with Crippen molar-refractivity contribution in [2.24, 2.45) is 0 Å². The predicted octanol–water partition coefficient (Wildman–Crippen LogP) is 2.61. The van der Waals surface area contributed by atoms with Crippen LogP contribution in [0.3, 0.4) is 0 Å². The number of piperazine rings is 1. The van der Waals surface area contributed by atoms with Crippen LogP contribution in [0.15, 0.2) is 24.3 Å². The molecule has 1 saturated heterocycles. The highest BCUT2D eigenvalue weighted by atomic mass is 15.2. The van der Waals surface area contributed by atoms with Gasteiger partial charge in [-0.1, -0.05) is 26.0 Å². The molecule has 1 unspecified atom stereocenters. The first kappa shape index (κ1) is 11.5. The van der Waals surface area contributed by atoms with Crippen LogP contribution in [-0.4, -0.2) is 25.7 Å². The molecule has 1 N–H and O–H groups in total. The molecule has 1 aromatic carbocycles. The lowest BCUT2D eigenvalue weighted by Crippen LogP contribution is -2.49. The zero-order valence-electron chi connectivity index (χ0n) is 10.5. The first-order chi connectivity index (χ1) is 7.66. The fraction of sp³-hybridized carbons (Fsp3) is 0.571. The van der Waals surface area contributed by atoms with E-state index in [-0.39, 0.29) is 0 Å². The maximum atomic E-state index is 3.48. The van der Waals surface area contributed by atoms with Gasteiger partial charge in [-0.05, 0) is 30.5 Å². The van der Waals surface area contributed by atoms with Crippen LogP contribution in [0.5, 0.6) is 0 Å². The third-order valence-corrected chi connectivity index (χ3v) is 3.27. The van der Waals surface area contributed by atoms with Crippen molar-refractivity contribution in [3.8, 4) is 0 Å². The Hall–Kier alpha value is -1.02. The lowest BCUT2D eigenvalue weighted by atomic mass is 10.0. The van der Waals surface area contributed by atoms with Crippen LogP contribution < -0.4 is 10.2 Å². The van der Waals surface area contributed by atoms with Crippen LogP contribution >= 0.6 is 0 Å². The van der Waals surface area contributed by atoms with E-state index in [0.717, 1.165) is 19.6 Å². The summed E-state index contributed by atoms with van der Waals surface area (Å²) in [4.78, 5) is 2.48. The molecule has 1 heterocycles. The van der Waals surface area contributed by atoms with E-state index in [1.807, 2.05) is 0 Å². The van der Waals surface area contributed by atoms with Crippen LogP contribution in [0.4, 0.5) is 5.69 Å². The summed E-state index contributed by atoms with van der Waals surface area (Å²) in [5.74, 6) is 0.611. The van der Waals surface area contributed by atoms with Crippen LogP contribution in [0.2, 0.25) is 0 Å². The van der Waals surface area contributed by atoms with Gasteiger partial charge in [-0.15, -0.1) is 0 Å². The molecule has 2 nitrogen and oxygen atoms in total. The molecule has 1 aromatic rings. The minimum absolute atomic E-state index is 0.594. The SMILES string of the molecule is CC1CN(c2cccc(C(C)C)c2)CCN1. The average molecular weight is 218 g/mol. The van der Waals surface area contributed by atoms with Crippen LogP contribution in [0.25, 0.3) is 0 Å². The number of rotatable bonds is 2. The van der Waals surface area contributed by atoms with Crippen molar-refractivity contribution in [1.82, 2.24) is 5.32 Å². The molecule has 0 bridgehead atoms. The molecule has 0 spiro atoms. The van der Waals surface area contributed by atoms with Gasteiger partial charge in [-0.25, -0.2) is 0 Å². The van der Waals surface area contributed by atoms with Gasteiger partial charge in [0.15, 0.2) is 0 Å². The van der Waals surface area contributed by atoms with Crippen molar-refractivity contribution in [1.29, 1.82) is 0 Å². The number of benzene rings is 1.